The number of carboxylic acids is 1. The van der Waals surface area contributed by atoms with Crippen LogP contribution in [0.5, 0.6) is 0 Å². The molecule has 0 aromatic carbocycles. The first-order valence-electron chi connectivity index (χ1n) is 4.88. The van der Waals surface area contributed by atoms with E-state index >= 15 is 0 Å². The Kier molecular flexibility index (Phi) is 2.52. The number of rotatable bonds is 3. The van der Waals surface area contributed by atoms with E-state index in [0.29, 0.717) is 17.9 Å². The van der Waals surface area contributed by atoms with Gasteiger partial charge in [-0.25, -0.2) is 4.79 Å². The average molecular weight is 220 g/mol. The molecule has 0 fully saturated rings. The van der Waals surface area contributed by atoms with Crippen LogP contribution in [-0.4, -0.2) is 20.9 Å². The van der Waals surface area contributed by atoms with Gasteiger partial charge in [0.2, 0.25) is 0 Å². The van der Waals surface area contributed by atoms with Crippen LogP contribution >= 0.6 is 0 Å². The van der Waals surface area contributed by atoms with E-state index in [1.807, 2.05) is 6.07 Å². The molecule has 0 bridgehead atoms. The Balaban J connectivity index is 2.36. The maximum Gasteiger partial charge on any atom is 0.339 e. The minimum atomic E-state index is -0.937. The fourth-order valence-electron chi connectivity index (χ4n) is 1.72. The summed E-state index contributed by atoms with van der Waals surface area (Å²) in [5.41, 5.74) is 2.44. The molecule has 2 aromatic rings. The van der Waals surface area contributed by atoms with E-state index in [1.165, 1.54) is 0 Å². The summed E-state index contributed by atoms with van der Waals surface area (Å²) >= 11 is 0. The molecule has 0 radical (unpaired) electrons. The predicted molar refractivity (Wildman–Crippen MR) is 56.5 cm³/mol. The van der Waals surface area contributed by atoms with Crippen molar-refractivity contribution in [2.24, 2.45) is 0 Å². The Morgan fingerprint density at radius 3 is 2.81 bits per heavy atom. The van der Waals surface area contributed by atoms with E-state index in [4.69, 9.17) is 9.52 Å². The zero-order valence-corrected chi connectivity index (χ0v) is 9.10. The highest BCUT2D eigenvalue weighted by atomic mass is 16.4. The lowest BCUT2D eigenvalue weighted by atomic mass is 10.2. The third-order valence-corrected chi connectivity index (χ3v) is 2.51. The van der Waals surface area contributed by atoms with Gasteiger partial charge in [0, 0.05) is 5.56 Å². The summed E-state index contributed by atoms with van der Waals surface area (Å²) in [5, 5.41) is 13.2. The first-order valence-corrected chi connectivity index (χ1v) is 4.88. The first kappa shape index (κ1) is 10.5. The highest BCUT2D eigenvalue weighted by Gasteiger charge is 2.17. The van der Waals surface area contributed by atoms with E-state index in [0.717, 1.165) is 5.56 Å². The van der Waals surface area contributed by atoms with Gasteiger partial charge in [-0.05, 0) is 19.9 Å². The molecule has 84 valence electrons. The fraction of sp³-hybridized carbons (Fsp3) is 0.273. The Labute approximate surface area is 92.3 Å². The van der Waals surface area contributed by atoms with Crippen molar-refractivity contribution in [3.05, 3.63) is 41.1 Å². The van der Waals surface area contributed by atoms with Crippen molar-refractivity contribution in [2.45, 2.75) is 20.4 Å². The van der Waals surface area contributed by atoms with E-state index in [1.54, 1.807) is 31.1 Å². The maximum atomic E-state index is 11.0. The van der Waals surface area contributed by atoms with Crippen molar-refractivity contribution in [1.29, 1.82) is 0 Å². The van der Waals surface area contributed by atoms with Crippen LogP contribution in [0, 0.1) is 13.8 Å². The normalized spacial score (nSPS) is 10.6. The topological polar surface area (TPSA) is 68.3 Å². The Bertz CT molecular complexity index is 512. The van der Waals surface area contributed by atoms with Crippen molar-refractivity contribution in [3.63, 3.8) is 0 Å². The van der Waals surface area contributed by atoms with Crippen LogP contribution in [0.4, 0.5) is 0 Å². The van der Waals surface area contributed by atoms with Crippen LogP contribution in [0.3, 0.4) is 0 Å². The number of hydrogen-bond donors (Lipinski definition) is 1. The lowest BCUT2D eigenvalue weighted by Crippen LogP contribution is -2.05. The monoisotopic (exact) mass is 220 g/mol. The molecule has 0 amide bonds. The number of aromatic carboxylic acids is 1. The lowest BCUT2D eigenvalue weighted by molar-refractivity contribution is 0.0695. The number of furan rings is 1. The molecule has 1 N–H and O–H groups in total. The zero-order chi connectivity index (χ0) is 11.7. The fourth-order valence-corrected chi connectivity index (χ4v) is 1.72. The second kappa shape index (κ2) is 3.84. The van der Waals surface area contributed by atoms with Gasteiger partial charge in [0.15, 0.2) is 0 Å². The first-order chi connectivity index (χ1) is 7.59. The van der Waals surface area contributed by atoms with Gasteiger partial charge in [0.05, 0.1) is 30.5 Å². The molecule has 5 nitrogen and oxygen atoms in total. The lowest BCUT2D eigenvalue weighted by Gasteiger charge is -2.01. The Morgan fingerprint density at radius 1 is 1.56 bits per heavy atom. The second-order valence-electron chi connectivity index (χ2n) is 3.64. The summed E-state index contributed by atoms with van der Waals surface area (Å²) in [6, 6.07) is 1.83. The van der Waals surface area contributed by atoms with Crippen molar-refractivity contribution < 1.29 is 14.3 Å². The summed E-state index contributed by atoms with van der Waals surface area (Å²) in [5.74, 6) is -0.937. The maximum absolute atomic E-state index is 11.0. The molecule has 0 aliphatic carbocycles. The van der Waals surface area contributed by atoms with Gasteiger partial charge < -0.3 is 9.52 Å². The molecule has 0 saturated heterocycles. The van der Waals surface area contributed by atoms with Gasteiger partial charge >= 0.3 is 5.97 Å². The average Bonchev–Trinajstić information content (AvgIpc) is 2.76. The van der Waals surface area contributed by atoms with E-state index in [9.17, 15) is 4.79 Å². The SMILES string of the molecule is Cc1nn(Cc2ccoc2)c(C)c1C(=O)O. The predicted octanol–water partition coefficient (Wildman–Crippen LogP) is 1.84. The van der Waals surface area contributed by atoms with Crippen molar-refractivity contribution in [3.8, 4) is 0 Å². The van der Waals surface area contributed by atoms with Crippen LogP contribution in [-0.2, 0) is 6.54 Å². The summed E-state index contributed by atoms with van der Waals surface area (Å²) in [6.45, 7) is 3.97. The van der Waals surface area contributed by atoms with Crippen molar-refractivity contribution in [1.82, 2.24) is 9.78 Å². The number of aryl methyl sites for hydroxylation is 1. The van der Waals surface area contributed by atoms with Gasteiger partial charge in [0.1, 0.15) is 5.56 Å². The molecular weight excluding hydrogens is 208 g/mol. The number of nitrogens with zero attached hydrogens (tertiary/aromatic N) is 2. The molecular formula is C11H12N2O3. The Hall–Kier alpha value is -2.04. The highest BCUT2D eigenvalue weighted by molar-refractivity contribution is 5.90. The number of hydrogen-bond acceptors (Lipinski definition) is 3. The smallest absolute Gasteiger partial charge is 0.339 e. The van der Waals surface area contributed by atoms with Crippen LogP contribution in [0.1, 0.15) is 27.3 Å². The molecule has 0 unspecified atom stereocenters. The highest BCUT2D eigenvalue weighted by Crippen LogP contribution is 2.14. The largest absolute Gasteiger partial charge is 0.478 e. The molecule has 0 aliphatic heterocycles. The summed E-state index contributed by atoms with van der Waals surface area (Å²) in [4.78, 5) is 11.0. The standard InChI is InChI=1S/C11H12N2O3/c1-7-10(11(14)15)8(2)13(12-7)5-9-3-4-16-6-9/h3-4,6H,5H2,1-2H3,(H,14,15). The molecule has 2 aromatic heterocycles. The summed E-state index contributed by atoms with van der Waals surface area (Å²) in [7, 11) is 0. The van der Waals surface area contributed by atoms with Crippen LogP contribution < -0.4 is 0 Å². The third kappa shape index (κ3) is 1.71. The quantitative estimate of drug-likeness (QED) is 0.856. The molecule has 0 aliphatic rings. The van der Waals surface area contributed by atoms with Crippen molar-refractivity contribution in [2.75, 3.05) is 0 Å². The van der Waals surface area contributed by atoms with Crippen LogP contribution in [0.25, 0.3) is 0 Å². The molecule has 0 spiro atoms. The molecule has 5 heteroatoms. The number of carboxylic acid groups (broad SMARTS) is 1. The minimum absolute atomic E-state index is 0.281. The van der Waals surface area contributed by atoms with Crippen molar-refractivity contribution >= 4 is 5.97 Å². The third-order valence-electron chi connectivity index (χ3n) is 2.51. The summed E-state index contributed by atoms with van der Waals surface area (Å²) in [6.07, 6.45) is 3.20. The minimum Gasteiger partial charge on any atom is -0.478 e. The van der Waals surface area contributed by atoms with Gasteiger partial charge in [-0.2, -0.15) is 5.10 Å². The molecule has 2 rings (SSSR count). The molecule has 0 saturated carbocycles. The van der Waals surface area contributed by atoms with Gasteiger partial charge in [-0.15, -0.1) is 0 Å². The van der Waals surface area contributed by atoms with E-state index in [-0.39, 0.29) is 5.56 Å². The second-order valence-corrected chi connectivity index (χ2v) is 3.64. The molecule has 0 atom stereocenters. The van der Waals surface area contributed by atoms with E-state index in [2.05, 4.69) is 5.10 Å². The summed E-state index contributed by atoms with van der Waals surface area (Å²) < 4.78 is 6.62. The zero-order valence-electron chi connectivity index (χ0n) is 9.10. The van der Waals surface area contributed by atoms with Gasteiger partial charge in [-0.3, -0.25) is 4.68 Å². The molecule has 16 heavy (non-hydrogen) atoms. The molecule has 2 heterocycles. The van der Waals surface area contributed by atoms with Gasteiger partial charge in [-0.1, -0.05) is 0 Å². The van der Waals surface area contributed by atoms with Crippen LogP contribution in [0.2, 0.25) is 0 Å². The Morgan fingerprint density at radius 2 is 2.31 bits per heavy atom. The number of carbonyl (C=O) groups is 1. The van der Waals surface area contributed by atoms with Crippen LogP contribution in [0.15, 0.2) is 23.0 Å². The number of aromatic nitrogens is 2. The van der Waals surface area contributed by atoms with Gasteiger partial charge in [0.25, 0.3) is 0 Å². The van der Waals surface area contributed by atoms with E-state index < -0.39 is 5.97 Å².